The number of hydrogen-bond donors (Lipinski definition) is 1. The largest absolute Gasteiger partial charge is 0.480 e. The molecule has 5 nitrogen and oxygen atoms in total. The number of carbonyl (C=O) groups is 2. The number of carbonyl (C=O) groups excluding carboxylic acids is 1. The summed E-state index contributed by atoms with van der Waals surface area (Å²) >= 11 is 5.18. The second-order valence-corrected chi connectivity index (χ2v) is 2.93. The molecule has 74 valence electrons. The molecule has 0 aromatic heterocycles. The Hall–Kier alpha value is -0.970. The van der Waals surface area contributed by atoms with Crippen molar-refractivity contribution in [3.63, 3.8) is 0 Å². The average molecular weight is 208 g/mol. The van der Waals surface area contributed by atoms with E-state index in [1.54, 1.807) is 0 Å². The summed E-state index contributed by atoms with van der Waals surface area (Å²) in [6.45, 7) is 0.423. The van der Waals surface area contributed by atoms with Crippen molar-refractivity contribution in [2.45, 2.75) is 18.9 Å². The third-order valence-corrected chi connectivity index (χ3v) is 2.06. The summed E-state index contributed by atoms with van der Waals surface area (Å²) < 4.78 is 4.50. The van der Waals surface area contributed by atoms with Gasteiger partial charge < -0.3 is 9.84 Å². The van der Waals surface area contributed by atoms with Gasteiger partial charge in [-0.15, -0.1) is 0 Å². The van der Waals surface area contributed by atoms with E-state index in [9.17, 15) is 9.59 Å². The first-order chi connectivity index (χ1) is 6.16. The molecule has 1 N–H and O–H groups in total. The van der Waals surface area contributed by atoms with Crippen LogP contribution in [0.3, 0.4) is 0 Å². The number of carboxylic acid groups (broad SMARTS) is 1. The van der Waals surface area contributed by atoms with Gasteiger partial charge in [-0.1, -0.05) is 11.6 Å². The zero-order valence-corrected chi connectivity index (χ0v) is 7.66. The van der Waals surface area contributed by atoms with Crippen molar-refractivity contribution < 1.29 is 19.4 Å². The predicted molar refractivity (Wildman–Crippen MR) is 44.6 cm³/mol. The maximum atomic E-state index is 11.1. The molecule has 0 aliphatic carbocycles. The highest BCUT2D eigenvalue weighted by Crippen LogP contribution is 2.18. The van der Waals surface area contributed by atoms with Gasteiger partial charge in [-0.25, -0.2) is 9.59 Å². The van der Waals surface area contributed by atoms with Crippen LogP contribution in [0.25, 0.3) is 0 Å². The first-order valence-corrected chi connectivity index (χ1v) is 4.42. The Balaban J connectivity index is 2.57. The lowest BCUT2D eigenvalue weighted by Crippen LogP contribution is -2.40. The lowest BCUT2D eigenvalue weighted by molar-refractivity contribution is -0.141. The fourth-order valence-corrected chi connectivity index (χ4v) is 1.46. The summed E-state index contributed by atoms with van der Waals surface area (Å²) in [4.78, 5) is 22.9. The van der Waals surface area contributed by atoms with Crippen LogP contribution in [0.5, 0.6) is 0 Å². The van der Waals surface area contributed by atoms with Crippen LogP contribution in [0.4, 0.5) is 4.79 Å². The highest BCUT2D eigenvalue weighted by atomic mass is 35.5. The number of amides is 1. The number of halogens is 1. The normalized spacial score (nSPS) is 21.6. The Morgan fingerprint density at radius 1 is 1.62 bits per heavy atom. The summed E-state index contributed by atoms with van der Waals surface area (Å²) in [6, 6.07) is -1.00. The monoisotopic (exact) mass is 207 g/mol. The second-order valence-electron chi connectivity index (χ2n) is 2.71. The van der Waals surface area contributed by atoms with Gasteiger partial charge in [0, 0.05) is 6.54 Å². The van der Waals surface area contributed by atoms with Crippen LogP contribution in [0, 0.1) is 0 Å². The van der Waals surface area contributed by atoms with Crippen molar-refractivity contribution in [1.82, 2.24) is 4.90 Å². The maximum absolute atomic E-state index is 11.1. The Labute approximate surface area is 80.2 Å². The highest BCUT2D eigenvalue weighted by molar-refractivity contribution is 6.17. The minimum absolute atomic E-state index is 0.248. The van der Waals surface area contributed by atoms with E-state index < -0.39 is 18.1 Å². The van der Waals surface area contributed by atoms with Gasteiger partial charge in [0.15, 0.2) is 6.07 Å². The molecule has 1 saturated heterocycles. The molecule has 1 rings (SSSR count). The summed E-state index contributed by atoms with van der Waals surface area (Å²) in [6.07, 6.45) is 0.515. The Morgan fingerprint density at radius 3 is 2.85 bits per heavy atom. The number of alkyl halides is 1. The summed E-state index contributed by atoms with van der Waals surface area (Å²) in [5.74, 6) is -0.996. The van der Waals surface area contributed by atoms with Crippen molar-refractivity contribution in [3.05, 3.63) is 0 Å². The van der Waals surface area contributed by atoms with Crippen molar-refractivity contribution in [2.75, 3.05) is 12.6 Å². The second kappa shape index (κ2) is 4.32. The third-order valence-electron chi connectivity index (χ3n) is 1.95. The van der Waals surface area contributed by atoms with Crippen LogP contribution >= 0.6 is 11.6 Å². The van der Waals surface area contributed by atoms with Gasteiger partial charge >= 0.3 is 12.1 Å². The Bertz CT molecular complexity index is 221. The number of ether oxygens (including phenoxy) is 1. The van der Waals surface area contributed by atoms with E-state index in [0.29, 0.717) is 19.4 Å². The minimum atomic E-state index is -0.996. The van der Waals surface area contributed by atoms with Crippen LogP contribution in [-0.2, 0) is 9.53 Å². The smallest absolute Gasteiger partial charge is 0.411 e. The van der Waals surface area contributed by atoms with E-state index >= 15 is 0 Å². The molecule has 0 aromatic carbocycles. The van der Waals surface area contributed by atoms with Crippen molar-refractivity contribution in [1.29, 1.82) is 0 Å². The molecule has 1 atom stereocenters. The molecule has 6 heteroatoms. The molecule has 1 unspecified atom stereocenters. The van der Waals surface area contributed by atoms with E-state index in [4.69, 9.17) is 16.7 Å². The third kappa shape index (κ3) is 2.24. The zero-order chi connectivity index (χ0) is 9.84. The molecule has 0 radical (unpaired) electrons. The summed E-state index contributed by atoms with van der Waals surface area (Å²) in [5, 5.41) is 8.72. The molecule has 1 aliphatic rings. The Kier molecular flexibility index (Phi) is 3.36. The van der Waals surface area contributed by atoms with Crippen LogP contribution in [0.1, 0.15) is 12.8 Å². The van der Waals surface area contributed by atoms with Crippen LogP contribution in [0.2, 0.25) is 0 Å². The van der Waals surface area contributed by atoms with Gasteiger partial charge in [-0.2, -0.15) is 0 Å². The van der Waals surface area contributed by atoms with Crippen molar-refractivity contribution in [2.24, 2.45) is 0 Å². The lowest BCUT2D eigenvalue weighted by Gasteiger charge is -2.19. The molecule has 1 aliphatic heterocycles. The molecule has 0 aromatic rings. The number of hydrogen-bond acceptors (Lipinski definition) is 3. The van der Waals surface area contributed by atoms with E-state index in [0.717, 1.165) is 0 Å². The van der Waals surface area contributed by atoms with Crippen LogP contribution in [-0.4, -0.2) is 40.7 Å². The molecular formula is C7H10ClNO4. The zero-order valence-electron chi connectivity index (χ0n) is 6.90. The quantitative estimate of drug-likeness (QED) is 0.683. The fraction of sp³-hybridized carbons (Fsp3) is 0.714. The van der Waals surface area contributed by atoms with Gasteiger partial charge in [0.1, 0.15) is 6.04 Å². The maximum Gasteiger partial charge on any atom is 0.411 e. The molecule has 1 heterocycles. The van der Waals surface area contributed by atoms with Gasteiger partial charge in [0.2, 0.25) is 0 Å². The molecule has 0 saturated carbocycles. The Morgan fingerprint density at radius 2 is 2.31 bits per heavy atom. The molecule has 13 heavy (non-hydrogen) atoms. The van der Waals surface area contributed by atoms with Crippen molar-refractivity contribution in [3.8, 4) is 0 Å². The van der Waals surface area contributed by atoms with Gasteiger partial charge in [-0.3, -0.25) is 4.90 Å². The first-order valence-electron chi connectivity index (χ1n) is 3.89. The van der Waals surface area contributed by atoms with Gasteiger partial charge in [-0.05, 0) is 12.8 Å². The van der Waals surface area contributed by atoms with Crippen molar-refractivity contribution >= 4 is 23.7 Å². The standard InChI is InChI=1S/C7H10ClNO4/c8-4-13-7(12)9-3-1-2-5(9)6(10)11/h5H,1-4H2,(H,10,11). The summed E-state index contributed by atoms with van der Waals surface area (Å²) in [7, 11) is 0. The van der Waals surface area contributed by atoms with Crippen LogP contribution in [0.15, 0.2) is 0 Å². The molecule has 0 spiro atoms. The number of aliphatic carboxylic acids is 1. The number of rotatable bonds is 2. The van der Waals surface area contributed by atoms with E-state index in [1.165, 1.54) is 4.90 Å². The average Bonchev–Trinajstić information content (AvgIpc) is 2.52. The molecule has 1 amide bonds. The number of carboxylic acids is 1. The van der Waals surface area contributed by atoms with E-state index in [2.05, 4.69) is 4.74 Å². The van der Waals surface area contributed by atoms with Gasteiger partial charge in [0.25, 0.3) is 0 Å². The number of nitrogens with zero attached hydrogens (tertiary/aromatic N) is 1. The van der Waals surface area contributed by atoms with E-state index in [-0.39, 0.29) is 6.07 Å². The minimum Gasteiger partial charge on any atom is -0.480 e. The first kappa shape index (κ1) is 10.1. The lowest BCUT2D eigenvalue weighted by atomic mass is 10.2. The fourth-order valence-electron chi connectivity index (χ4n) is 1.37. The highest BCUT2D eigenvalue weighted by Gasteiger charge is 2.34. The van der Waals surface area contributed by atoms with Gasteiger partial charge in [0.05, 0.1) is 0 Å². The summed E-state index contributed by atoms with van der Waals surface area (Å²) in [5.41, 5.74) is 0. The molecule has 1 fully saturated rings. The topological polar surface area (TPSA) is 66.8 Å². The van der Waals surface area contributed by atoms with Crippen LogP contribution < -0.4 is 0 Å². The number of likely N-dealkylation sites (tertiary alicyclic amines) is 1. The molecule has 0 bridgehead atoms. The predicted octanol–water partition coefficient (Wildman–Crippen LogP) is 0.868. The molecular weight excluding hydrogens is 198 g/mol. The SMILES string of the molecule is O=C(O)C1CCCN1C(=O)OCCl. The van der Waals surface area contributed by atoms with E-state index in [1.807, 2.05) is 0 Å².